The van der Waals surface area contributed by atoms with Crippen LogP contribution in [0.25, 0.3) is 0 Å². The second-order valence-corrected chi connectivity index (χ2v) is 6.04. The van der Waals surface area contributed by atoms with Gasteiger partial charge in [0.25, 0.3) is 0 Å². The number of methoxy groups -OCH3 is 1. The topological polar surface area (TPSA) is 35.2 Å². The van der Waals surface area contributed by atoms with Crippen molar-refractivity contribution in [2.75, 3.05) is 13.7 Å². The van der Waals surface area contributed by atoms with Crippen molar-refractivity contribution in [3.63, 3.8) is 0 Å². The lowest BCUT2D eigenvalue weighted by Gasteiger charge is -2.39. The van der Waals surface area contributed by atoms with Crippen molar-refractivity contribution < 1.29 is 4.74 Å². The third-order valence-electron chi connectivity index (χ3n) is 4.93. The summed E-state index contributed by atoms with van der Waals surface area (Å²) < 4.78 is 5.48. The van der Waals surface area contributed by atoms with E-state index in [-0.39, 0.29) is 0 Å². The lowest BCUT2D eigenvalue weighted by atomic mass is 9.67. The Morgan fingerprint density at radius 2 is 1.95 bits per heavy atom. The van der Waals surface area contributed by atoms with Crippen molar-refractivity contribution in [1.82, 2.24) is 0 Å². The van der Waals surface area contributed by atoms with Gasteiger partial charge in [-0.15, -0.1) is 0 Å². The quantitative estimate of drug-likeness (QED) is 0.875. The lowest BCUT2D eigenvalue weighted by Crippen LogP contribution is -2.36. The third-order valence-corrected chi connectivity index (χ3v) is 4.93. The fourth-order valence-corrected chi connectivity index (χ4v) is 3.40. The van der Waals surface area contributed by atoms with E-state index >= 15 is 0 Å². The molecule has 1 fully saturated rings. The maximum atomic E-state index is 6.12. The summed E-state index contributed by atoms with van der Waals surface area (Å²) in [4.78, 5) is 0. The Hall–Kier alpha value is -1.02. The Balaban J connectivity index is 2.11. The number of ether oxygens (including phenoxy) is 1. The van der Waals surface area contributed by atoms with E-state index < -0.39 is 0 Å². The molecular formula is C17H27NO. The molecule has 106 valence electrons. The molecule has 0 aliphatic heterocycles. The molecule has 2 nitrogen and oxygen atoms in total. The molecule has 0 saturated heterocycles. The van der Waals surface area contributed by atoms with Gasteiger partial charge in [0, 0.05) is 0 Å². The Morgan fingerprint density at radius 3 is 2.53 bits per heavy atom. The van der Waals surface area contributed by atoms with Gasteiger partial charge in [0.2, 0.25) is 0 Å². The standard InChI is InChI=1S/C17H27NO/c1-3-14-8-10-17(13-18,11-9-14)12-15-6-4-5-7-16(15)19-2/h4-7,14H,3,8-13,18H2,1-2H3. The van der Waals surface area contributed by atoms with Crippen LogP contribution in [0.2, 0.25) is 0 Å². The minimum Gasteiger partial charge on any atom is -0.496 e. The van der Waals surface area contributed by atoms with Gasteiger partial charge in [0.1, 0.15) is 5.75 Å². The predicted molar refractivity (Wildman–Crippen MR) is 80.4 cm³/mol. The average Bonchev–Trinajstić information content (AvgIpc) is 2.48. The summed E-state index contributed by atoms with van der Waals surface area (Å²) in [6.45, 7) is 3.10. The van der Waals surface area contributed by atoms with Gasteiger partial charge in [-0.05, 0) is 61.6 Å². The Bertz CT molecular complexity index is 394. The van der Waals surface area contributed by atoms with Gasteiger partial charge >= 0.3 is 0 Å². The molecule has 1 aromatic rings. The first-order valence-corrected chi connectivity index (χ1v) is 7.55. The first-order valence-electron chi connectivity index (χ1n) is 7.55. The molecule has 0 radical (unpaired) electrons. The zero-order valence-electron chi connectivity index (χ0n) is 12.3. The second kappa shape index (κ2) is 6.42. The van der Waals surface area contributed by atoms with Gasteiger partial charge in [-0.2, -0.15) is 0 Å². The molecule has 0 unspecified atom stereocenters. The van der Waals surface area contributed by atoms with E-state index in [1.165, 1.54) is 37.7 Å². The van der Waals surface area contributed by atoms with Gasteiger partial charge in [-0.1, -0.05) is 31.5 Å². The van der Waals surface area contributed by atoms with Crippen molar-refractivity contribution in [3.05, 3.63) is 29.8 Å². The number of hydrogen-bond acceptors (Lipinski definition) is 2. The maximum absolute atomic E-state index is 6.12. The van der Waals surface area contributed by atoms with Crippen molar-refractivity contribution >= 4 is 0 Å². The zero-order valence-corrected chi connectivity index (χ0v) is 12.3. The first kappa shape index (κ1) is 14.4. The summed E-state index contributed by atoms with van der Waals surface area (Å²) in [7, 11) is 1.75. The fraction of sp³-hybridized carbons (Fsp3) is 0.647. The highest BCUT2D eigenvalue weighted by molar-refractivity contribution is 5.34. The summed E-state index contributed by atoms with van der Waals surface area (Å²) in [6.07, 6.45) is 7.57. The first-order chi connectivity index (χ1) is 9.23. The van der Waals surface area contributed by atoms with Crippen LogP contribution in [0.3, 0.4) is 0 Å². The molecule has 0 amide bonds. The summed E-state index contributed by atoms with van der Waals surface area (Å²) in [5.41, 5.74) is 7.73. The number of nitrogens with two attached hydrogens (primary N) is 1. The van der Waals surface area contributed by atoms with E-state index in [1.807, 2.05) is 6.07 Å². The van der Waals surface area contributed by atoms with Crippen LogP contribution >= 0.6 is 0 Å². The summed E-state index contributed by atoms with van der Waals surface area (Å²) in [6, 6.07) is 8.37. The average molecular weight is 261 g/mol. The Morgan fingerprint density at radius 1 is 1.26 bits per heavy atom. The van der Waals surface area contributed by atoms with Crippen LogP contribution in [0.5, 0.6) is 5.75 Å². The smallest absolute Gasteiger partial charge is 0.122 e. The van der Waals surface area contributed by atoms with Crippen molar-refractivity contribution in [2.24, 2.45) is 17.1 Å². The summed E-state index contributed by atoms with van der Waals surface area (Å²) in [5.74, 6) is 1.92. The maximum Gasteiger partial charge on any atom is 0.122 e. The molecule has 1 aromatic carbocycles. The molecule has 0 spiro atoms. The summed E-state index contributed by atoms with van der Waals surface area (Å²) in [5, 5.41) is 0. The van der Waals surface area contributed by atoms with Crippen molar-refractivity contribution in [3.8, 4) is 5.75 Å². The molecule has 0 aromatic heterocycles. The van der Waals surface area contributed by atoms with Crippen LogP contribution < -0.4 is 10.5 Å². The van der Waals surface area contributed by atoms with E-state index in [9.17, 15) is 0 Å². The highest BCUT2D eigenvalue weighted by Crippen LogP contribution is 2.42. The van der Waals surface area contributed by atoms with Crippen LogP contribution in [0.1, 0.15) is 44.6 Å². The van der Waals surface area contributed by atoms with Crippen molar-refractivity contribution in [1.29, 1.82) is 0 Å². The molecule has 0 bridgehead atoms. The molecule has 0 atom stereocenters. The molecule has 0 heterocycles. The van der Waals surface area contributed by atoms with E-state index in [4.69, 9.17) is 10.5 Å². The molecule has 1 aliphatic carbocycles. The second-order valence-electron chi connectivity index (χ2n) is 6.04. The van der Waals surface area contributed by atoms with Gasteiger partial charge in [-0.3, -0.25) is 0 Å². The van der Waals surface area contributed by atoms with Crippen LogP contribution in [0.15, 0.2) is 24.3 Å². The largest absolute Gasteiger partial charge is 0.496 e. The van der Waals surface area contributed by atoms with Gasteiger partial charge in [0.15, 0.2) is 0 Å². The van der Waals surface area contributed by atoms with Crippen LogP contribution in [0.4, 0.5) is 0 Å². The summed E-state index contributed by atoms with van der Waals surface area (Å²) >= 11 is 0. The predicted octanol–water partition coefficient (Wildman–Crippen LogP) is 3.78. The zero-order chi connectivity index (χ0) is 13.7. The Labute approximate surface area is 117 Å². The Kier molecular flexibility index (Phi) is 4.87. The fourth-order valence-electron chi connectivity index (χ4n) is 3.40. The number of hydrogen-bond donors (Lipinski definition) is 1. The minimum absolute atomic E-state index is 0.292. The van der Waals surface area contributed by atoms with Crippen LogP contribution in [-0.2, 0) is 6.42 Å². The highest BCUT2D eigenvalue weighted by Gasteiger charge is 2.34. The van der Waals surface area contributed by atoms with Gasteiger partial charge in [0.05, 0.1) is 7.11 Å². The number of rotatable bonds is 5. The third kappa shape index (κ3) is 3.30. The molecule has 1 saturated carbocycles. The number of para-hydroxylation sites is 1. The van der Waals surface area contributed by atoms with E-state index in [2.05, 4.69) is 25.1 Å². The SMILES string of the molecule is CCC1CCC(CN)(Cc2ccccc2OC)CC1. The molecule has 19 heavy (non-hydrogen) atoms. The molecule has 2 heteroatoms. The molecular weight excluding hydrogens is 234 g/mol. The van der Waals surface area contributed by atoms with E-state index in [0.717, 1.165) is 24.6 Å². The molecule has 2 N–H and O–H groups in total. The minimum atomic E-state index is 0.292. The van der Waals surface area contributed by atoms with E-state index in [0.29, 0.717) is 5.41 Å². The van der Waals surface area contributed by atoms with Gasteiger partial charge in [-0.25, -0.2) is 0 Å². The normalized spacial score (nSPS) is 27.2. The molecule has 1 aliphatic rings. The number of benzene rings is 1. The highest BCUT2D eigenvalue weighted by atomic mass is 16.5. The van der Waals surface area contributed by atoms with Gasteiger partial charge < -0.3 is 10.5 Å². The lowest BCUT2D eigenvalue weighted by molar-refractivity contribution is 0.152. The molecule has 2 rings (SSSR count). The van der Waals surface area contributed by atoms with E-state index in [1.54, 1.807) is 7.11 Å². The van der Waals surface area contributed by atoms with Crippen LogP contribution in [-0.4, -0.2) is 13.7 Å². The van der Waals surface area contributed by atoms with Crippen molar-refractivity contribution in [2.45, 2.75) is 45.4 Å². The monoisotopic (exact) mass is 261 g/mol. The van der Waals surface area contributed by atoms with Crippen LogP contribution in [0, 0.1) is 11.3 Å².